The Kier molecular flexibility index (Phi) is 7.38. The third-order valence-corrected chi connectivity index (χ3v) is 10.4. The van der Waals surface area contributed by atoms with E-state index < -0.39 is 0 Å². The van der Waals surface area contributed by atoms with Crippen molar-refractivity contribution < 1.29 is 8.83 Å². The Balaban J connectivity index is 1.01. The van der Waals surface area contributed by atoms with Crippen molar-refractivity contribution in [3.8, 4) is 67.9 Å². The first-order valence-electron chi connectivity index (χ1n) is 18.5. The van der Waals surface area contributed by atoms with Crippen LogP contribution in [0.1, 0.15) is 0 Å². The van der Waals surface area contributed by atoms with Gasteiger partial charge in [-0.15, -0.1) is 0 Å². The van der Waals surface area contributed by atoms with Gasteiger partial charge >= 0.3 is 0 Å². The van der Waals surface area contributed by atoms with Crippen molar-refractivity contribution >= 4 is 43.8 Å². The minimum Gasteiger partial charge on any atom is -0.456 e. The minimum atomic E-state index is 0.580. The summed E-state index contributed by atoms with van der Waals surface area (Å²) in [5, 5.41) is 4.32. The molecule has 8 aromatic carbocycles. The van der Waals surface area contributed by atoms with E-state index in [1.165, 1.54) is 10.8 Å². The highest BCUT2D eigenvalue weighted by Gasteiger charge is 2.19. The molecule has 6 nitrogen and oxygen atoms in total. The van der Waals surface area contributed by atoms with Gasteiger partial charge in [0.25, 0.3) is 0 Å². The number of fused-ring (bicyclic) bond motifs is 5. The van der Waals surface area contributed by atoms with Crippen molar-refractivity contribution in [2.45, 2.75) is 0 Å². The van der Waals surface area contributed by atoms with Crippen LogP contribution in [0.2, 0.25) is 0 Å². The molecule has 0 spiro atoms. The molecule has 262 valence electrons. The van der Waals surface area contributed by atoms with E-state index in [2.05, 4.69) is 91.0 Å². The van der Waals surface area contributed by atoms with Gasteiger partial charge in [0, 0.05) is 33.0 Å². The van der Waals surface area contributed by atoms with E-state index in [0.29, 0.717) is 23.4 Å². The molecule has 0 atom stereocenters. The van der Waals surface area contributed by atoms with E-state index in [0.717, 1.165) is 77.5 Å². The Morgan fingerprint density at radius 1 is 0.321 bits per heavy atom. The largest absolute Gasteiger partial charge is 0.456 e. The molecule has 0 saturated heterocycles. The van der Waals surface area contributed by atoms with Gasteiger partial charge in [0.2, 0.25) is 5.89 Å². The molecule has 6 heteroatoms. The molecule has 0 bridgehead atoms. The van der Waals surface area contributed by atoms with Crippen molar-refractivity contribution in [2.24, 2.45) is 0 Å². The molecule has 0 fully saturated rings. The molecule has 0 aliphatic carbocycles. The summed E-state index contributed by atoms with van der Waals surface area (Å²) >= 11 is 0. The lowest BCUT2D eigenvalue weighted by Gasteiger charge is -2.09. The number of hydrogen-bond acceptors (Lipinski definition) is 6. The predicted octanol–water partition coefficient (Wildman–Crippen LogP) is 13.1. The summed E-state index contributed by atoms with van der Waals surface area (Å²) < 4.78 is 13.0. The van der Waals surface area contributed by atoms with Crippen LogP contribution in [-0.2, 0) is 0 Å². The number of hydrogen-bond donors (Lipinski definition) is 0. The van der Waals surface area contributed by atoms with Gasteiger partial charge in [0.1, 0.15) is 16.7 Å². The Labute approximate surface area is 321 Å². The average molecular weight is 719 g/mol. The van der Waals surface area contributed by atoms with E-state index in [1.54, 1.807) is 0 Å². The fourth-order valence-corrected chi connectivity index (χ4v) is 7.62. The number of oxazole rings is 1. The van der Waals surface area contributed by atoms with Crippen LogP contribution < -0.4 is 0 Å². The summed E-state index contributed by atoms with van der Waals surface area (Å²) in [4.78, 5) is 19.9. The monoisotopic (exact) mass is 718 g/mol. The topological polar surface area (TPSA) is 77.8 Å². The van der Waals surface area contributed by atoms with Crippen LogP contribution in [0.4, 0.5) is 0 Å². The Bertz CT molecular complexity index is 3200. The third kappa shape index (κ3) is 5.51. The van der Waals surface area contributed by atoms with Gasteiger partial charge in [-0.25, -0.2) is 19.9 Å². The normalized spacial score (nSPS) is 11.6. The van der Waals surface area contributed by atoms with Crippen LogP contribution in [0.3, 0.4) is 0 Å². The molecule has 11 aromatic rings. The quantitative estimate of drug-likeness (QED) is 0.170. The first-order chi connectivity index (χ1) is 27.7. The van der Waals surface area contributed by atoms with Gasteiger partial charge in [-0.3, -0.25) is 0 Å². The maximum Gasteiger partial charge on any atom is 0.227 e. The highest BCUT2D eigenvalue weighted by molar-refractivity contribution is 6.13. The standard InChI is InChI=1S/C50H30N4O2/c1-3-13-32(14-4-1)47-52-48(33-15-5-2-6-16-33)54-49(53-47)40-20-11-21-44-46(40)41-29-35(25-27-43(41)55-44)36-24-26-42-45(30-36)56-50(51-42)39-19-10-9-18-38(39)37-23-22-31-12-7-8-17-34(31)28-37/h1-30H. The summed E-state index contributed by atoms with van der Waals surface area (Å²) in [5.41, 5.74) is 10.9. The first kappa shape index (κ1) is 31.8. The zero-order chi connectivity index (χ0) is 37.0. The summed E-state index contributed by atoms with van der Waals surface area (Å²) in [6, 6.07) is 61.8. The van der Waals surface area contributed by atoms with Crippen LogP contribution in [0.5, 0.6) is 0 Å². The zero-order valence-electron chi connectivity index (χ0n) is 29.9. The maximum absolute atomic E-state index is 6.53. The molecule has 0 radical (unpaired) electrons. The van der Waals surface area contributed by atoms with Gasteiger partial charge < -0.3 is 8.83 Å². The van der Waals surface area contributed by atoms with E-state index in [-0.39, 0.29) is 0 Å². The van der Waals surface area contributed by atoms with Gasteiger partial charge in [-0.1, -0.05) is 140 Å². The number of benzene rings is 8. The smallest absolute Gasteiger partial charge is 0.227 e. The summed E-state index contributed by atoms with van der Waals surface area (Å²) in [6.45, 7) is 0. The molecule has 0 unspecified atom stereocenters. The van der Waals surface area contributed by atoms with Crippen molar-refractivity contribution in [3.05, 3.63) is 182 Å². The molecule has 3 heterocycles. The SMILES string of the molecule is c1ccc(-c2nc(-c3ccccc3)nc(-c3cccc4oc5ccc(-c6ccc7nc(-c8ccccc8-c8ccc9ccccc9c8)oc7c6)cc5c34)n2)cc1. The van der Waals surface area contributed by atoms with Crippen LogP contribution in [0.25, 0.3) is 112 Å². The van der Waals surface area contributed by atoms with E-state index >= 15 is 0 Å². The van der Waals surface area contributed by atoms with Gasteiger partial charge in [0.15, 0.2) is 23.1 Å². The molecule has 11 rings (SSSR count). The van der Waals surface area contributed by atoms with Crippen molar-refractivity contribution in [1.82, 2.24) is 19.9 Å². The van der Waals surface area contributed by atoms with Crippen molar-refractivity contribution in [3.63, 3.8) is 0 Å². The molecular formula is C50H30N4O2. The average Bonchev–Trinajstić information content (AvgIpc) is 3.88. The lowest BCUT2D eigenvalue weighted by atomic mass is 9.97. The number of rotatable bonds is 6. The summed E-state index contributed by atoms with van der Waals surface area (Å²) in [6.07, 6.45) is 0. The lowest BCUT2D eigenvalue weighted by Crippen LogP contribution is -2.00. The maximum atomic E-state index is 6.53. The van der Waals surface area contributed by atoms with Crippen LogP contribution in [-0.4, -0.2) is 19.9 Å². The van der Waals surface area contributed by atoms with E-state index in [4.69, 9.17) is 28.8 Å². The third-order valence-electron chi connectivity index (χ3n) is 10.4. The molecule has 0 saturated carbocycles. The number of furan rings is 1. The van der Waals surface area contributed by atoms with Crippen LogP contribution in [0, 0.1) is 0 Å². The molecule has 0 aliphatic rings. The molecule has 0 amide bonds. The fraction of sp³-hybridized carbons (Fsp3) is 0. The Hall–Kier alpha value is -7.70. The second kappa shape index (κ2) is 13.0. The number of aromatic nitrogens is 4. The molecule has 0 aliphatic heterocycles. The number of nitrogens with zero attached hydrogens (tertiary/aromatic N) is 4. The zero-order valence-corrected chi connectivity index (χ0v) is 29.9. The van der Waals surface area contributed by atoms with Crippen molar-refractivity contribution in [1.29, 1.82) is 0 Å². The van der Waals surface area contributed by atoms with E-state index in [1.807, 2.05) is 91.0 Å². The van der Waals surface area contributed by atoms with Crippen molar-refractivity contribution in [2.75, 3.05) is 0 Å². The molecule has 56 heavy (non-hydrogen) atoms. The first-order valence-corrected chi connectivity index (χ1v) is 18.5. The fourth-order valence-electron chi connectivity index (χ4n) is 7.62. The van der Waals surface area contributed by atoms with Crippen LogP contribution >= 0.6 is 0 Å². The Morgan fingerprint density at radius 2 is 0.946 bits per heavy atom. The summed E-state index contributed by atoms with van der Waals surface area (Å²) in [5.74, 6) is 2.39. The van der Waals surface area contributed by atoms with Gasteiger partial charge in [0.05, 0.1) is 0 Å². The Morgan fingerprint density at radius 3 is 1.73 bits per heavy atom. The van der Waals surface area contributed by atoms with Gasteiger partial charge in [-0.2, -0.15) is 0 Å². The highest BCUT2D eigenvalue weighted by atomic mass is 16.3. The summed E-state index contributed by atoms with van der Waals surface area (Å²) in [7, 11) is 0. The molecule has 0 N–H and O–H groups in total. The highest BCUT2D eigenvalue weighted by Crippen LogP contribution is 2.40. The van der Waals surface area contributed by atoms with Gasteiger partial charge in [-0.05, 0) is 75.5 Å². The second-order valence-corrected chi connectivity index (χ2v) is 13.8. The lowest BCUT2D eigenvalue weighted by molar-refractivity contribution is 0.620. The van der Waals surface area contributed by atoms with Crippen LogP contribution in [0.15, 0.2) is 191 Å². The molecular weight excluding hydrogens is 689 g/mol. The predicted molar refractivity (Wildman–Crippen MR) is 225 cm³/mol. The van der Waals surface area contributed by atoms with E-state index in [9.17, 15) is 0 Å². The second-order valence-electron chi connectivity index (χ2n) is 13.8. The minimum absolute atomic E-state index is 0.580. The molecule has 3 aromatic heterocycles.